The lowest BCUT2D eigenvalue weighted by Gasteiger charge is -2.30. The van der Waals surface area contributed by atoms with Crippen molar-refractivity contribution in [1.82, 2.24) is 5.32 Å². The maximum atomic E-state index is 11.9. The van der Waals surface area contributed by atoms with Gasteiger partial charge in [-0.3, -0.25) is 4.79 Å². The van der Waals surface area contributed by atoms with E-state index in [4.69, 9.17) is 5.11 Å². The van der Waals surface area contributed by atoms with Crippen LogP contribution in [0.5, 0.6) is 0 Å². The first-order valence-corrected chi connectivity index (χ1v) is 7.30. The molecular formula is C15H23NO2S. The number of aryl methyl sites for hydroxylation is 1. The monoisotopic (exact) mass is 281 g/mol. The SMILES string of the molecule is Cc1ccc(/C=C/C(=O)NC(CCO)C(C)(C)C)s1. The van der Waals surface area contributed by atoms with Gasteiger partial charge < -0.3 is 10.4 Å². The van der Waals surface area contributed by atoms with Crippen molar-refractivity contribution in [3.05, 3.63) is 28.0 Å². The van der Waals surface area contributed by atoms with E-state index in [2.05, 4.69) is 26.1 Å². The van der Waals surface area contributed by atoms with Gasteiger partial charge in [-0.05, 0) is 37.0 Å². The zero-order valence-corrected chi connectivity index (χ0v) is 12.9. The second-order valence-electron chi connectivity index (χ2n) is 5.72. The highest BCUT2D eigenvalue weighted by Crippen LogP contribution is 2.21. The first-order chi connectivity index (χ1) is 8.82. The highest BCUT2D eigenvalue weighted by atomic mass is 32.1. The molecule has 1 aromatic heterocycles. The van der Waals surface area contributed by atoms with Gasteiger partial charge in [0.15, 0.2) is 0 Å². The fourth-order valence-corrected chi connectivity index (χ4v) is 2.55. The Kier molecular flexibility index (Phi) is 5.76. The lowest BCUT2D eigenvalue weighted by atomic mass is 9.85. The van der Waals surface area contributed by atoms with Crippen molar-refractivity contribution in [2.45, 2.75) is 40.2 Å². The molecule has 0 aliphatic rings. The number of carbonyl (C=O) groups is 1. The van der Waals surface area contributed by atoms with Gasteiger partial charge in [-0.1, -0.05) is 20.8 Å². The molecule has 1 heterocycles. The maximum Gasteiger partial charge on any atom is 0.244 e. The van der Waals surface area contributed by atoms with Crippen LogP contribution in [0, 0.1) is 12.3 Å². The van der Waals surface area contributed by atoms with Crippen molar-refractivity contribution in [3.8, 4) is 0 Å². The van der Waals surface area contributed by atoms with Gasteiger partial charge in [0.2, 0.25) is 5.91 Å². The lowest BCUT2D eigenvalue weighted by Crippen LogP contribution is -2.43. The molecule has 0 spiro atoms. The van der Waals surface area contributed by atoms with Crippen molar-refractivity contribution in [3.63, 3.8) is 0 Å². The zero-order chi connectivity index (χ0) is 14.5. The van der Waals surface area contributed by atoms with Crippen LogP contribution in [0.25, 0.3) is 6.08 Å². The standard InChI is InChI=1S/C15H23NO2S/c1-11-5-6-12(19-11)7-8-14(18)16-13(9-10-17)15(2,3)4/h5-8,13,17H,9-10H2,1-4H3,(H,16,18)/b8-7+. The molecule has 19 heavy (non-hydrogen) atoms. The predicted octanol–water partition coefficient (Wildman–Crippen LogP) is 2.98. The van der Waals surface area contributed by atoms with Crippen molar-refractivity contribution >= 4 is 23.3 Å². The molecule has 1 rings (SSSR count). The molecule has 0 fully saturated rings. The van der Waals surface area contributed by atoms with Crippen LogP contribution in [0.4, 0.5) is 0 Å². The molecule has 1 amide bonds. The smallest absolute Gasteiger partial charge is 0.244 e. The summed E-state index contributed by atoms with van der Waals surface area (Å²) in [5, 5.41) is 12.0. The normalized spacial score (nSPS) is 13.7. The molecule has 0 saturated carbocycles. The summed E-state index contributed by atoms with van der Waals surface area (Å²) in [5.41, 5.74) is -0.0637. The molecule has 0 radical (unpaired) electrons. The molecule has 4 heteroatoms. The third-order valence-electron chi connectivity index (χ3n) is 2.94. The second-order valence-corrected chi connectivity index (χ2v) is 7.04. The van der Waals surface area contributed by atoms with Crippen LogP contribution in [0.3, 0.4) is 0 Å². The van der Waals surface area contributed by atoms with Gasteiger partial charge in [-0.2, -0.15) is 0 Å². The second kappa shape index (κ2) is 6.87. The molecule has 106 valence electrons. The third-order valence-corrected chi connectivity index (χ3v) is 3.91. The van der Waals surface area contributed by atoms with Crippen LogP contribution in [-0.2, 0) is 4.79 Å². The Labute approximate surface area is 119 Å². The first-order valence-electron chi connectivity index (χ1n) is 6.49. The third kappa shape index (κ3) is 5.57. The van der Waals surface area contributed by atoms with E-state index >= 15 is 0 Å². The number of hydrogen-bond acceptors (Lipinski definition) is 3. The fraction of sp³-hybridized carbons (Fsp3) is 0.533. The number of rotatable bonds is 5. The van der Waals surface area contributed by atoms with Crippen molar-refractivity contribution < 1.29 is 9.90 Å². The summed E-state index contributed by atoms with van der Waals surface area (Å²) >= 11 is 1.66. The van der Waals surface area contributed by atoms with Crippen LogP contribution < -0.4 is 5.32 Å². The molecule has 1 aromatic rings. The summed E-state index contributed by atoms with van der Waals surface area (Å²) in [6.07, 6.45) is 3.95. The van der Waals surface area contributed by atoms with E-state index in [9.17, 15) is 4.79 Å². The number of carbonyl (C=O) groups excluding carboxylic acids is 1. The number of aliphatic hydroxyl groups excluding tert-OH is 1. The number of nitrogens with one attached hydrogen (secondary N) is 1. The maximum absolute atomic E-state index is 11.9. The largest absolute Gasteiger partial charge is 0.396 e. The lowest BCUT2D eigenvalue weighted by molar-refractivity contribution is -0.118. The van der Waals surface area contributed by atoms with Crippen molar-refractivity contribution in [2.75, 3.05) is 6.61 Å². The van der Waals surface area contributed by atoms with E-state index in [0.29, 0.717) is 6.42 Å². The Morgan fingerprint density at radius 2 is 2.16 bits per heavy atom. The molecule has 1 atom stereocenters. The van der Waals surface area contributed by atoms with Crippen LogP contribution in [0.15, 0.2) is 18.2 Å². The number of hydrogen-bond donors (Lipinski definition) is 2. The summed E-state index contributed by atoms with van der Waals surface area (Å²) in [6.45, 7) is 8.29. The van der Waals surface area contributed by atoms with Crippen LogP contribution in [0.1, 0.15) is 36.9 Å². The van der Waals surface area contributed by atoms with E-state index < -0.39 is 0 Å². The molecule has 1 unspecified atom stereocenters. The number of thiophene rings is 1. The van der Waals surface area contributed by atoms with Gasteiger partial charge in [0, 0.05) is 28.5 Å². The van der Waals surface area contributed by atoms with Crippen molar-refractivity contribution in [2.24, 2.45) is 5.41 Å². The molecular weight excluding hydrogens is 258 g/mol. The molecule has 0 aromatic carbocycles. The van der Waals surface area contributed by atoms with Gasteiger partial charge >= 0.3 is 0 Å². The minimum Gasteiger partial charge on any atom is -0.396 e. The average molecular weight is 281 g/mol. The van der Waals surface area contributed by atoms with Gasteiger partial charge in [0.05, 0.1) is 0 Å². The van der Waals surface area contributed by atoms with E-state index in [1.807, 2.05) is 25.1 Å². The Morgan fingerprint density at radius 3 is 2.63 bits per heavy atom. The molecule has 0 aliphatic carbocycles. The van der Waals surface area contributed by atoms with Crippen LogP contribution in [-0.4, -0.2) is 23.7 Å². The van der Waals surface area contributed by atoms with Crippen molar-refractivity contribution in [1.29, 1.82) is 0 Å². The molecule has 0 bridgehead atoms. The van der Waals surface area contributed by atoms with Crippen LogP contribution in [0.2, 0.25) is 0 Å². The number of aliphatic hydroxyl groups is 1. The minimum atomic E-state index is -0.112. The highest BCUT2D eigenvalue weighted by molar-refractivity contribution is 7.12. The molecule has 0 saturated heterocycles. The first kappa shape index (κ1) is 15.9. The van der Waals surface area contributed by atoms with E-state index in [1.165, 1.54) is 4.88 Å². The summed E-state index contributed by atoms with van der Waals surface area (Å²) in [6, 6.07) is 4.00. The summed E-state index contributed by atoms with van der Waals surface area (Å²) < 4.78 is 0. The van der Waals surface area contributed by atoms with E-state index in [-0.39, 0.29) is 24.0 Å². The Bertz CT molecular complexity index is 443. The predicted molar refractivity (Wildman–Crippen MR) is 81.2 cm³/mol. The van der Waals surface area contributed by atoms with Crippen LogP contribution >= 0.6 is 11.3 Å². The zero-order valence-electron chi connectivity index (χ0n) is 12.1. The summed E-state index contributed by atoms with van der Waals surface area (Å²) in [4.78, 5) is 14.2. The fourth-order valence-electron chi connectivity index (χ4n) is 1.77. The Balaban J connectivity index is 2.60. The molecule has 0 aliphatic heterocycles. The Hall–Kier alpha value is -1.13. The average Bonchev–Trinajstić information content (AvgIpc) is 2.71. The summed E-state index contributed by atoms with van der Waals surface area (Å²) in [7, 11) is 0. The van der Waals surface area contributed by atoms with E-state index in [0.717, 1.165) is 4.88 Å². The quantitative estimate of drug-likeness (QED) is 0.815. The highest BCUT2D eigenvalue weighted by Gasteiger charge is 2.24. The van der Waals surface area contributed by atoms with Gasteiger partial charge in [-0.15, -0.1) is 11.3 Å². The van der Waals surface area contributed by atoms with E-state index in [1.54, 1.807) is 17.4 Å². The minimum absolute atomic E-state index is 0.0280. The molecule has 2 N–H and O–H groups in total. The van der Waals surface area contributed by atoms with Gasteiger partial charge in [0.1, 0.15) is 0 Å². The topological polar surface area (TPSA) is 49.3 Å². The summed E-state index contributed by atoms with van der Waals surface area (Å²) in [5.74, 6) is -0.112. The van der Waals surface area contributed by atoms with Gasteiger partial charge in [0.25, 0.3) is 0 Å². The van der Waals surface area contributed by atoms with Gasteiger partial charge in [-0.25, -0.2) is 0 Å². The number of amides is 1. The molecule has 3 nitrogen and oxygen atoms in total. The Morgan fingerprint density at radius 1 is 1.47 bits per heavy atom.